The van der Waals surface area contributed by atoms with E-state index in [0.29, 0.717) is 0 Å². The lowest BCUT2D eigenvalue weighted by Crippen LogP contribution is -2.47. The van der Waals surface area contributed by atoms with Crippen LogP contribution in [0.5, 0.6) is 0 Å². The van der Waals surface area contributed by atoms with Crippen molar-refractivity contribution in [3.05, 3.63) is 0 Å². The number of rotatable bonds is 5. The topological polar surface area (TPSA) is 125 Å². The van der Waals surface area contributed by atoms with Crippen LogP contribution in [0, 0.1) is 0 Å². The van der Waals surface area contributed by atoms with Gasteiger partial charge in [-0.3, -0.25) is 14.8 Å². The van der Waals surface area contributed by atoms with Crippen molar-refractivity contribution in [2.45, 2.75) is 45.3 Å². The first-order valence-corrected chi connectivity index (χ1v) is 5.31. The predicted octanol–water partition coefficient (Wildman–Crippen LogP) is 0.250. The van der Waals surface area contributed by atoms with Gasteiger partial charge in [-0.25, -0.2) is 10.3 Å². The van der Waals surface area contributed by atoms with E-state index in [9.17, 15) is 14.4 Å². The third-order valence-corrected chi connectivity index (χ3v) is 1.76. The van der Waals surface area contributed by atoms with E-state index in [1.54, 1.807) is 20.8 Å². The van der Waals surface area contributed by atoms with Gasteiger partial charge >= 0.3 is 12.1 Å². The molecule has 0 aromatic carbocycles. The van der Waals surface area contributed by atoms with Crippen LogP contribution < -0.4 is 10.8 Å². The summed E-state index contributed by atoms with van der Waals surface area (Å²) in [5.41, 5.74) is 0.616. The highest BCUT2D eigenvalue weighted by molar-refractivity contribution is 5.85. The summed E-state index contributed by atoms with van der Waals surface area (Å²) in [6.45, 7) is 4.93. The number of ether oxygens (including phenoxy) is 1. The molecule has 4 N–H and O–H groups in total. The predicted molar refractivity (Wildman–Crippen MR) is 60.0 cm³/mol. The summed E-state index contributed by atoms with van der Waals surface area (Å²) in [5, 5.41) is 19.2. The standard InChI is InChI=1S/C10H18N2O6/c1-10(2,3)18-9(16)11-6(8(15)12-17)4-5-7(13)14/h6,17H,4-5H2,1-3H3,(H,11,16)(H,12,15)(H,13,14)/t6-/m0/s1. The fourth-order valence-electron chi connectivity index (χ4n) is 1.06. The molecular formula is C10H18N2O6. The number of nitrogens with one attached hydrogen (secondary N) is 2. The first kappa shape index (κ1) is 16.2. The van der Waals surface area contributed by atoms with Gasteiger partial charge in [0.2, 0.25) is 0 Å². The Bertz CT molecular complexity index is 323. The summed E-state index contributed by atoms with van der Waals surface area (Å²) < 4.78 is 4.91. The third kappa shape index (κ3) is 7.44. The normalized spacial score (nSPS) is 12.4. The Labute approximate surface area is 104 Å². The highest BCUT2D eigenvalue weighted by atomic mass is 16.6. The van der Waals surface area contributed by atoms with Crippen molar-refractivity contribution in [3.63, 3.8) is 0 Å². The van der Waals surface area contributed by atoms with Gasteiger partial charge in [-0.15, -0.1) is 0 Å². The molecule has 0 spiro atoms. The molecule has 0 rings (SSSR count). The quantitative estimate of drug-likeness (QED) is 0.415. The molecule has 2 amide bonds. The van der Waals surface area contributed by atoms with E-state index >= 15 is 0 Å². The smallest absolute Gasteiger partial charge is 0.408 e. The van der Waals surface area contributed by atoms with Gasteiger partial charge in [-0.2, -0.15) is 0 Å². The van der Waals surface area contributed by atoms with Crippen LogP contribution in [0.2, 0.25) is 0 Å². The van der Waals surface area contributed by atoms with Crippen LogP contribution >= 0.6 is 0 Å². The van der Waals surface area contributed by atoms with E-state index in [1.165, 1.54) is 5.48 Å². The van der Waals surface area contributed by atoms with Crippen LogP contribution in [0.1, 0.15) is 33.6 Å². The lowest BCUT2D eigenvalue weighted by molar-refractivity contribution is -0.137. The lowest BCUT2D eigenvalue weighted by Gasteiger charge is -2.22. The van der Waals surface area contributed by atoms with Crippen LogP contribution in [-0.2, 0) is 14.3 Å². The number of alkyl carbamates (subject to hydrolysis) is 1. The van der Waals surface area contributed by atoms with Crippen molar-refractivity contribution >= 4 is 18.0 Å². The number of carboxylic acids is 1. The highest BCUT2D eigenvalue weighted by Gasteiger charge is 2.24. The molecule has 18 heavy (non-hydrogen) atoms. The van der Waals surface area contributed by atoms with E-state index in [-0.39, 0.29) is 12.8 Å². The summed E-state index contributed by atoms with van der Waals surface area (Å²) >= 11 is 0. The van der Waals surface area contributed by atoms with Gasteiger partial charge in [0.15, 0.2) is 0 Å². The zero-order valence-corrected chi connectivity index (χ0v) is 10.5. The van der Waals surface area contributed by atoms with E-state index in [2.05, 4.69) is 5.32 Å². The summed E-state index contributed by atoms with van der Waals surface area (Å²) in [7, 11) is 0. The van der Waals surface area contributed by atoms with Crippen molar-refractivity contribution < 1.29 is 29.4 Å². The Morgan fingerprint density at radius 1 is 1.28 bits per heavy atom. The minimum atomic E-state index is -1.17. The Kier molecular flexibility index (Phi) is 6.11. The first-order valence-electron chi connectivity index (χ1n) is 5.31. The molecule has 8 nitrogen and oxygen atoms in total. The largest absolute Gasteiger partial charge is 0.481 e. The van der Waals surface area contributed by atoms with Crippen LogP contribution in [0.3, 0.4) is 0 Å². The van der Waals surface area contributed by atoms with E-state index < -0.39 is 29.6 Å². The van der Waals surface area contributed by atoms with Gasteiger partial charge < -0.3 is 15.2 Å². The number of amides is 2. The molecule has 8 heteroatoms. The number of aliphatic carboxylic acids is 1. The molecule has 0 unspecified atom stereocenters. The lowest BCUT2D eigenvalue weighted by atomic mass is 10.1. The van der Waals surface area contributed by atoms with Crippen LogP contribution in [-0.4, -0.2) is 39.9 Å². The van der Waals surface area contributed by atoms with Crippen molar-refractivity contribution in [1.29, 1.82) is 0 Å². The van der Waals surface area contributed by atoms with Crippen molar-refractivity contribution in [2.75, 3.05) is 0 Å². The molecule has 0 fully saturated rings. The second-order valence-electron chi connectivity index (χ2n) is 4.61. The molecule has 1 atom stereocenters. The Hall–Kier alpha value is -1.83. The molecule has 0 aliphatic rings. The maximum atomic E-state index is 11.4. The fourth-order valence-corrected chi connectivity index (χ4v) is 1.06. The second-order valence-corrected chi connectivity index (χ2v) is 4.61. The molecule has 0 aromatic heterocycles. The molecular weight excluding hydrogens is 244 g/mol. The second kappa shape index (κ2) is 6.80. The zero-order chi connectivity index (χ0) is 14.3. The monoisotopic (exact) mass is 262 g/mol. The number of carbonyl (C=O) groups excluding carboxylic acids is 2. The SMILES string of the molecule is CC(C)(C)OC(=O)N[C@@H](CCC(=O)O)C(=O)NO. The van der Waals surface area contributed by atoms with E-state index in [4.69, 9.17) is 15.1 Å². The highest BCUT2D eigenvalue weighted by Crippen LogP contribution is 2.07. The molecule has 0 bridgehead atoms. The average molecular weight is 262 g/mol. The van der Waals surface area contributed by atoms with Gasteiger partial charge in [0.1, 0.15) is 11.6 Å². The zero-order valence-electron chi connectivity index (χ0n) is 10.5. The van der Waals surface area contributed by atoms with Crippen molar-refractivity contribution in [1.82, 2.24) is 10.8 Å². The molecule has 0 saturated carbocycles. The average Bonchev–Trinajstić information content (AvgIpc) is 2.20. The van der Waals surface area contributed by atoms with Gasteiger partial charge in [0, 0.05) is 6.42 Å². The van der Waals surface area contributed by atoms with E-state index in [1.807, 2.05) is 0 Å². The van der Waals surface area contributed by atoms with Gasteiger partial charge in [0.05, 0.1) is 0 Å². The summed E-state index contributed by atoms with van der Waals surface area (Å²) in [6.07, 6.45) is -1.34. The maximum Gasteiger partial charge on any atom is 0.408 e. The number of hydroxylamine groups is 1. The van der Waals surface area contributed by atoms with Gasteiger partial charge in [-0.05, 0) is 27.2 Å². The van der Waals surface area contributed by atoms with Crippen LogP contribution in [0.25, 0.3) is 0 Å². The third-order valence-electron chi connectivity index (χ3n) is 1.76. The number of hydrogen-bond acceptors (Lipinski definition) is 5. The first-order chi connectivity index (χ1) is 8.15. The molecule has 0 aromatic rings. The number of carbonyl (C=O) groups is 3. The van der Waals surface area contributed by atoms with Gasteiger partial charge in [0.25, 0.3) is 5.91 Å². The van der Waals surface area contributed by atoms with Crippen LogP contribution in [0.15, 0.2) is 0 Å². The Morgan fingerprint density at radius 2 is 1.83 bits per heavy atom. The minimum absolute atomic E-state index is 0.152. The Balaban J connectivity index is 4.45. The molecule has 0 aliphatic heterocycles. The summed E-state index contributed by atoms with van der Waals surface area (Å²) in [5.74, 6) is -2.01. The minimum Gasteiger partial charge on any atom is -0.481 e. The summed E-state index contributed by atoms with van der Waals surface area (Å²) in [6, 6.07) is -1.17. The molecule has 104 valence electrons. The molecule has 0 aliphatic carbocycles. The van der Waals surface area contributed by atoms with E-state index in [0.717, 1.165) is 0 Å². The van der Waals surface area contributed by atoms with Crippen LogP contribution in [0.4, 0.5) is 4.79 Å². The fraction of sp³-hybridized carbons (Fsp3) is 0.700. The summed E-state index contributed by atoms with van der Waals surface area (Å²) in [4.78, 5) is 33.0. The Morgan fingerprint density at radius 3 is 2.22 bits per heavy atom. The number of hydrogen-bond donors (Lipinski definition) is 4. The van der Waals surface area contributed by atoms with Gasteiger partial charge in [-0.1, -0.05) is 0 Å². The molecule has 0 heterocycles. The molecule has 0 saturated heterocycles. The molecule has 0 radical (unpaired) electrons. The maximum absolute atomic E-state index is 11.4. The number of carboxylic acid groups (broad SMARTS) is 1. The van der Waals surface area contributed by atoms with Crippen molar-refractivity contribution in [3.8, 4) is 0 Å². The van der Waals surface area contributed by atoms with Crippen molar-refractivity contribution in [2.24, 2.45) is 0 Å².